The van der Waals surface area contributed by atoms with Crippen LogP contribution in [0.1, 0.15) is 54.9 Å². The maximum absolute atomic E-state index is 14.7. The number of esters is 1. The average molecular weight is 292 g/mol. The maximum Gasteiger partial charge on any atom is 0.337 e. The number of unbranched alkanes of at least 4 members (excludes halogenated alkanes) is 3. The lowest BCUT2D eigenvalue weighted by molar-refractivity contribution is 0.0600. The van der Waals surface area contributed by atoms with Gasteiger partial charge in [0.1, 0.15) is 5.67 Å². The molecule has 1 aromatic carbocycles. The number of hydrogen-bond donors (Lipinski definition) is 0. The first-order chi connectivity index (χ1) is 10.0. The van der Waals surface area contributed by atoms with Gasteiger partial charge in [-0.3, -0.25) is 0 Å². The zero-order valence-electron chi connectivity index (χ0n) is 13.0. The second kappa shape index (κ2) is 8.60. The molecule has 0 saturated carbocycles. The number of benzene rings is 1. The molecule has 0 heterocycles. The van der Waals surface area contributed by atoms with Crippen LogP contribution in [0, 0.1) is 0 Å². The van der Waals surface area contributed by atoms with E-state index in [-0.39, 0.29) is 5.97 Å². The predicted molar refractivity (Wildman–Crippen MR) is 84.3 cm³/mol. The van der Waals surface area contributed by atoms with Crippen molar-refractivity contribution in [2.24, 2.45) is 0 Å². The summed E-state index contributed by atoms with van der Waals surface area (Å²) in [5.41, 5.74) is -0.0339. The zero-order valence-corrected chi connectivity index (χ0v) is 13.0. The van der Waals surface area contributed by atoms with Crippen LogP contribution in [0.2, 0.25) is 0 Å². The molecule has 0 N–H and O–H groups in total. The smallest absolute Gasteiger partial charge is 0.337 e. The lowest BCUT2D eigenvalue weighted by Gasteiger charge is -2.21. The van der Waals surface area contributed by atoms with E-state index in [0.29, 0.717) is 18.4 Å². The van der Waals surface area contributed by atoms with Crippen molar-refractivity contribution in [1.82, 2.24) is 0 Å². The van der Waals surface area contributed by atoms with E-state index in [0.717, 1.165) is 31.2 Å². The molecular weight excluding hydrogens is 267 g/mol. The van der Waals surface area contributed by atoms with Crippen molar-refractivity contribution in [3.8, 4) is 0 Å². The van der Waals surface area contributed by atoms with E-state index in [1.165, 1.54) is 13.2 Å². The van der Waals surface area contributed by atoms with Crippen LogP contribution >= 0.6 is 0 Å². The maximum atomic E-state index is 14.7. The van der Waals surface area contributed by atoms with Crippen LogP contribution in [0.3, 0.4) is 0 Å². The highest BCUT2D eigenvalue weighted by Crippen LogP contribution is 2.26. The van der Waals surface area contributed by atoms with Crippen molar-refractivity contribution in [3.63, 3.8) is 0 Å². The van der Waals surface area contributed by atoms with Gasteiger partial charge < -0.3 is 4.74 Å². The number of rotatable bonds is 9. The molecule has 0 aromatic heterocycles. The number of halogens is 1. The summed E-state index contributed by atoms with van der Waals surface area (Å²) in [6, 6.07) is 6.88. The normalized spacial score (nSPS) is 13.5. The summed E-state index contributed by atoms with van der Waals surface area (Å²) in [5.74, 6) is -0.378. The van der Waals surface area contributed by atoms with Gasteiger partial charge in [0, 0.05) is 6.42 Å². The van der Waals surface area contributed by atoms with Gasteiger partial charge in [0.2, 0.25) is 0 Å². The minimum Gasteiger partial charge on any atom is -0.465 e. The quantitative estimate of drug-likeness (QED) is 0.368. The number of carbonyl (C=O) groups excluding carboxylic acids is 1. The van der Waals surface area contributed by atoms with Gasteiger partial charge in [-0.25, -0.2) is 9.18 Å². The summed E-state index contributed by atoms with van der Waals surface area (Å²) in [6.45, 7) is 5.78. The number of alkyl halides is 1. The molecule has 0 radical (unpaired) electrons. The minimum absolute atomic E-state index is 0.296. The molecule has 1 aromatic rings. The summed E-state index contributed by atoms with van der Waals surface area (Å²) >= 11 is 0. The van der Waals surface area contributed by atoms with Crippen molar-refractivity contribution >= 4 is 5.97 Å². The standard InChI is InChI=1S/C18H25FO2/c1-4-6-7-8-13-18(19,5-2)14-15-9-11-16(12-10-15)17(20)21-3/h5,9-12H,2,4,6-8,13-14H2,1,3H3. The van der Waals surface area contributed by atoms with E-state index in [2.05, 4.69) is 18.2 Å². The Balaban J connectivity index is 2.63. The van der Waals surface area contributed by atoms with Crippen molar-refractivity contribution < 1.29 is 13.9 Å². The van der Waals surface area contributed by atoms with Gasteiger partial charge in [-0.05, 0) is 30.5 Å². The van der Waals surface area contributed by atoms with Crippen molar-refractivity contribution in [2.45, 2.75) is 51.1 Å². The van der Waals surface area contributed by atoms with E-state index in [1.54, 1.807) is 24.3 Å². The summed E-state index contributed by atoms with van der Waals surface area (Å²) in [6.07, 6.45) is 6.41. The summed E-state index contributed by atoms with van der Waals surface area (Å²) in [4.78, 5) is 11.4. The summed E-state index contributed by atoms with van der Waals surface area (Å²) in [7, 11) is 1.34. The number of allylic oxidation sites excluding steroid dienone is 1. The third-order valence-electron chi connectivity index (χ3n) is 3.68. The van der Waals surface area contributed by atoms with E-state index in [1.807, 2.05) is 0 Å². The Morgan fingerprint density at radius 3 is 2.48 bits per heavy atom. The second-order valence-electron chi connectivity index (χ2n) is 5.41. The first-order valence-corrected chi connectivity index (χ1v) is 7.54. The van der Waals surface area contributed by atoms with Gasteiger partial charge in [-0.2, -0.15) is 0 Å². The molecule has 21 heavy (non-hydrogen) atoms. The van der Waals surface area contributed by atoms with Gasteiger partial charge >= 0.3 is 5.97 Å². The monoisotopic (exact) mass is 292 g/mol. The molecule has 0 bridgehead atoms. The topological polar surface area (TPSA) is 26.3 Å². The van der Waals surface area contributed by atoms with Crippen LogP contribution in [-0.2, 0) is 11.2 Å². The van der Waals surface area contributed by atoms with Crippen molar-refractivity contribution in [2.75, 3.05) is 7.11 Å². The van der Waals surface area contributed by atoms with Gasteiger partial charge in [0.15, 0.2) is 0 Å². The predicted octanol–water partition coefficient (Wildman–Crippen LogP) is 4.88. The molecule has 0 aliphatic heterocycles. The molecule has 0 saturated heterocycles. The minimum atomic E-state index is -1.37. The van der Waals surface area contributed by atoms with Gasteiger partial charge in [0.25, 0.3) is 0 Å². The first kappa shape index (κ1) is 17.4. The fourth-order valence-corrected chi connectivity index (χ4v) is 2.32. The molecular formula is C18H25FO2. The van der Waals surface area contributed by atoms with E-state index >= 15 is 0 Å². The van der Waals surface area contributed by atoms with Crippen LogP contribution < -0.4 is 0 Å². The first-order valence-electron chi connectivity index (χ1n) is 7.54. The number of carbonyl (C=O) groups is 1. The molecule has 116 valence electrons. The molecule has 0 aliphatic carbocycles. The van der Waals surface area contributed by atoms with E-state index in [4.69, 9.17) is 0 Å². The van der Waals surface area contributed by atoms with Crippen LogP contribution in [0.5, 0.6) is 0 Å². The molecule has 0 spiro atoms. The van der Waals surface area contributed by atoms with Crippen LogP contribution in [0.15, 0.2) is 36.9 Å². The lowest BCUT2D eigenvalue weighted by atomic mass is 9.90. The molecule has 3 heteroatoms. The highest BCUT2D eigenvalue weighted by molar-refractivity contribution is 5.89. The van der Waals surface area contributed by atoms with Crippen molar-refractivity contribution in [1.29, 1.82) is 0 Å². The van der Waals surface area contributed by atoms with Gasteiger partial charge in [-0.15, -0.1) is 0 Å². The van der Waals surface area contributed by atoms with Gasteiger partial charge in [-0.1, -0.05) is 51.0 Å². The second-order valence-corrected chi connectivity index (χ2v) is 5.41. The Morgan fingerprint density at radius 1 is 1.29 bits per heavy atom. The molecule has 2 nitrogen and oxygen atoms in total. The SMILES string of the molecule is C=CC(F)(CCCCCC)Cc1ccc(C(=O)OC)cc1. The molecule has 0 aliphatic rings. The van der Waals surface area contributed by atoms with Gasteiger partial charge in [0.05, 0.1) is 12.7 Å². The van der Waals surface area contributed by atoms with Crippen LogP contribution in [-0.4, -0.2) is 18.7 Å². The number of hydrogen-bond acceptors (Lipinski definition) is 2. The third-order valence-corrected chi connectivity index (χ3v) is 3.68. The number of methoxy groups -OCH3 is 1. The fourth-order valence-electron chi connectivity index (χ4n) is 2.32. The molecule has 1 atom stereocenters. The summed E-state index contributed by atoms with van der Waals surface area (Å²) in [5, 5.41) is 0. The van der Waals surface area contributed by atoms with E-state index < -0.39 is 5.67 Å². The largest absolute Gasteiger partial charge is 0.465 e. The third kappa shape index (κ3) is 5.70. The number of ether oxygens (including phenoxy) is 1. The highest BCUT2D eigenvalue weighted by Gasteiger charge is 2.25. The fraction of sp³-hybridized carbons (Fsp3) is 0.500. The average Bonchev–Trinajstić information content (AvgIpc) is 2.51. The summed E-state index contributed by atoms with van der Waals surface area (Å²) < 4.78 is 19.4. The van der Waals surface area contributed by atoms with Crippen LogP contribution in [0.4, 0.5) is 4.39 Å². The Morgan fingerprint density at radius 2 is 1.95 bits per heavy atom. The molecule has 1 rings (SSSR count). The zero-order chi connectivity index (χ0) is 15.7. The Hall–Kier alpha value is -1.64. The highest BCUT2D eigenvalue weighted by atomic mass is 19.1. The Labute approximate surface area is 127 Å². The molecule has 1 unspecified atom stereocenters. The lowest BCUT2D eigenvalue weighted by Crippen LogP contribution is -2.22. The van der Waals surface area contributed by atoms with Crippen LogP contribution in [0.25, 0.3) is 0 Å². The Kier molecular flexibility index (Phi) is 7.13. The molecule has 0 amide bonds. The van der Waals surface area contributed by atoms with Crippen molar-refractivity contribution in [3.05, 3.63) is 48.0 Å². The van der Waals surface area contributed by atoms with E-state index in [9.17, 15) is 9.18 Å². The molecule has 0 fully saturated rings. The Bertz CT molecular complexity index is 453.